The standard InChI is InChI=1S/C22H20FN3O4S/c1-14-2-6-16(7-3-14)20(28)25-13-19(27)24-10-11-26-21(29)18(31-22(26)30)12-15-4-8-17(23)9-5-15/h2-9,12H,10-11,13H2,1H3,(H,24,27)(H,25,28). The summed E-state index contributed by atoms with van der Waals surface area (Å²) in [6.07, 6.45) is 1.52. The molecule has 0 unspecified atom stereocenters. The minimum absolute atomic E-state index is 0.00305. The van der Waals surface area contributed by atoms with Crippen LogP contribution in [0.3, 0.4) is 0 Å². The molecule has 0 saturated carbocycles. The number of halogens is 1. The number of imide groups is 1. The van der Waals surface area contributed by atoms with Crippen molar-refractivity contribution in [1.82, 2.24) is 15.5 Å². The smallest absolute Gasteiger partial charge is 0.293 e. The van der Waals surface area contributed by atoms with E-state index in [4.69, 9.17) is 0 Å². The van der Waals surface area contributed by atoms with Crippen LogP contribution in [0, 0.1) is 12.7 Å². The highest BCUT2D eigenvalue weighted by molar-refractivity contribution is 8.18. The van der Waals surface area contributed by atoms with Crippen molar-refractivity contribution in [2.24, 2.45) is 0 Å². The Morgan fingerprint density at radius 1 is 1.03 bits per heavy atom. The fraction of sp³-hybridized carbons (Fsp3) is 0.182. The first-order valence-electron chi connectivity index (χ1n) is 9.46. The van der Waals surface area contributed by atoms with Crippen molar-refractivity contribution >= 4 is 40.8 Å². The lowest BCUT2D eigenvalue weighted by molar-refractivity contribution is -0.124. The predicted molar refractivity (Wildman–Crippen MR) is 116 cm³/mol. The van der Waals surface area contributed by atoms with Crippen molar-refractivity contribution in [1.29, 1.82) is 0 Å². The van der Waals surface area contributed by atoms with Gasteiger partial charge >= 0.3 is 0 Å². The van der Waals surface area contributed by atoms with Gasteiger partial charge in [-0.2, -0.15) is 0 Å². The summed E-state index contributed by atoms with van der Waals surface area (Å²) in [6, 6.07) is 12.5. The summed E-state index contributed by atoms with van der Waals surface area (Å²) >= 11 is 0.787. The molecule has 160 valence electrons. The monoisotopic (exact) mass is 441 g/mol. The van der Waals surface area contributed by atoms with Crippen LogP contribution in [0.2, 0.25) is 0 Å². The first-order valence-corrected chi connectivity index (χ1v) is 10.3. The molecule has 2 N–H and O–H groups in total. The zero-order valence-electron chi connectivity index (χ0n) is 16.7. The van der Waals surface area contributed by atoms with Crippen LogP contribution in [0.15, 0.2) is 53.4 Å². The third-order valence-electron chi connectivity index (χ3n) is 4.42. The van der Waals surface area contributed by atoms with E-state index in [-0.39, 0.29) is 30.4 Å². The van der Waals surface area contributed by atoms with E-state index in [1.165, 1.54) is 30.3 Å². The average molecular weight is 441 g/mol. The average Bonchev–Trinajstić information content (AvgIpc) is 3.01. The van der Waals surface area contributed by atoms with Gasteiger partial charge in [0.2, 0.25) is 5.91 Å². The summed E-state index contributed by atoms with van der Waals surface area (Å²) in [5.41, 5.74) is 2.07. The van der Waals surface area contributed by atoms with E-state index in [0.717, 1.165) is 22.2 Å². The van der Waals surface area contributed by atoms with Crippen molar-refractivity contribution in [2.45, 2.75) is 6.92 Å². The van der Waals surface area contributed by atoms with Crippen LogP contribution in [0.5, 0.6) is 0 Å². The van der Waals surface area contributed by atoms with Crippen LogP contribution in [0.25, 0.3) is 6.08 Å². The summed E-state index contributed by atoms with van der Waals surface area (Å²) in [4.78, 5) is 49.8. The second-order valence-electron chi connectivity index (χ2n) is 6.78. The first kappa shape index (κ1) is 22.2. The van der Waals surface area contributed by atoms with Gasteiger partial charge in [-0.05, 0) is 54.6 Å². The second kappa shape index (κ2) is 10.0. The zero-order valence-corrected chi connectivity index (χ0v) is 17.5. The normalized spacial score (nSPS) is 14.8. The molecule has 1 saturated heterocycles. The van der Waals surface area contributed by atoms with Crippen molar-refractivity contribution in [3.8, 4) is 0 Å². The minimum Gasteiger partial charge on any atom is -0.353 e. The molecule has 3 rings (SSSR count). The Balaban J connectivity index is 1.45. The number of carbonyl (C=O) groups is 4. The SMILES string of the molecule is Cc1ccc(C(=O)NCC(=O)NCCN2C(=O)SC(=Cc3ccc(F)cc3)C2=O)cc1. The number of benzene rings is 2. The molecular formula is C22H20FN3O4S. The fourth-order valence-electron chi connectivity index (χ4n) is 2.74. The van der Waals surface area contributed by atoms with Crippen LogP contribution in [0.4, 0.5) is 9.18 Å². The molecule has 2 aromatic carbocycles. The number of thioether (sulfide) groups is 1. The molecule has 4 amide bonds. The molecule has 1 heterocycles. The number of nitrogens with zero attached hydrogens (tertiary/aromatic N) is 1. The van der Waals surface area contributed by atoms with E-state index >= 15 is 0 Å². The van der Waals surface area contributed by atoms with Gasteiger partial charge in [0.1, 0.15) is 5.82 Å². The van der Waals surface area contributed by atoms with Crippen LogP contribution < -0.4 is 10.6 Å². The molecule has 1 aliphatic rings. The van der Waals surface area contributed by atoms with E-state index in [1.54, 1.807) is 24.3 Å². The van der Waals surface area contributed by atoms with Gasteiger partial charge in [0.15, 0.2) is 0 Å². The minimum atomic E-state index is -0.471. The van der Waals surface area contributed by atoms with Gasteiger partial charge in [0.05, 0.1) is 11.4 Å². The summed E-state index contributed by atoms with van der Waals surface area (Å²) in [5.74, 6) is -1.67. The maximum absolute atomic E-state index is 13.0. The molecule has 9 heteroatoms. The Labute approximate surface area is 182 Å². The van der Waals surface area contributed by atoms with E-state index < -0.39 is 22.9 Å². The van der Waals surface area contributed by atoms with Crippen molar-refractivity contribution in [3.05, 3.63) is 75.9 Å². The topological polar surface area (TPSA) is 95.6 Å². The van der Waals surface area contributed by atoms with Gasteiger partial charge < -0.3 is 10.6 Å². The molecule has 7 nitrogen and oxygen atoms in total. The number of carbonyl (C=O) groups excluding carboxylic acids is 4. The summed E-state index contributed by atoms with van der Waals surface area (Å²) < 4.78 is 13.0. The molecule has 0 atom stereocenters. The third kappa shape index (κ3) is 6.02. The fourth-order valence-corrected chi connectivity index (χ4v) is 3.61. The summed E-state index contributed by atoms with van der Waals surface area (Å²) in [6.45, 7) is 1.74. The van der Waals surface area contributed by atoms with Crippen molar-refractivity contribution in [2.75, 3.05) is 19.6 Å². The Morgan fingerprint density at radius 2 is 1.71 bits per heavy atom. The lowest BCUT2D eigenvalue weighted by Crippen LogP contribution is -2.41. The summed E-state index contributed by atoms with van der Waals surface area (Å²) in [5, 5.41) is 4.64. The van der Waals surface area contributed by atoms with E-state index in [9.17, 15) is 23.6 Å². The van der Waals surface area contributed by atoms with Gasteiger partial charge in [-0.1, -0.05) is 29.8 Å². The van der Waals surface area contributed by atoms with Gasteiger partial charge in [-0.15, -0.1) is 0 Å². The second-order valence-corrected chi connectivity index (χ2v) is 7.78. The molecule has 0 bridgehead atoms. The van der Waals surface area contributed by atoms with Gasteiger partial charge in [-0.3, -0.25) is 24.1 Å². The quantitative estimate of drug-likeness (QED) is 0.645. The molecule has 1 aliphatic heterocycles. The third-order valence-corrected chi connectivity index (χ3v) is 5.33. The van der Waals surface area contributed by atoms with Crippen molar-refractivity contribution in [3.63, 3.8) is 0 Å². The molecule has 1 fully saturated rings. The molecule has 2 aromatic rings. The Bertz CT molecular complexity index is 1040. The Kier molecular flexibility index (Phi) is 7.19. The van der Waals surface area contributed by atoms with Crippen molar-refractivity contribution < 1.29 is 23.6 Å². The number of hydrogen-bond donors (Lipinski definition) is 2. The Hall–Kier alpha value is -3.46. The number of nitrogens with one attached hydrogen (secondary N) is 2. The number of aryl methyl sites for hydroxylation is 1. The maximum Gasteiger partial charge on any atom is 0.293 e. The highest BCUT2D eigenvalue weighted by Crippen LogP contribution is 2.31. The van der Waals surface area contributed by atoms with Gasteiger partial charge in [0, 0.05) is 18.7 Å². The summed E-state index contributed by atoms with van der Waals surface area (Å²) in [7, 11) is 0. The van der Waals surface area contributed by atoms with E-state index in [2.05, 4.69) is 10.6 Å². The molecule has 0 aromatic heterocycles. The number of rotatable bonds is 7. The number of amides is 4. The highest BCUT2D eigenvalue weighted by Gasteiger charge is 2.34. The first-order chi connectivity index (χ1) is 14.8. The van der Waals surface area contributed by atoms with E-state index in [0.29, 0.717) is 11.1 Å². The molecular weight excluding hydrogens is 421 g/mol. The van der Waals surface area contributed by atoms with Gasteiger partial charge in [-0.25, -0.2) is 4.39 Å². The Morgan fingerprint density at radius 3 is 2.39 bits per heavy atom. The van der Waals surface area contributed by atoms with Gasteiger partial charge in [0.25, 0.3) is 17.1 Å². The van der Waals surface area contributed by atoms with Crippen LogP contribution >= 0.6 is 11.8 Å². The zero-order chi connectivity index (χ0) is 22.4. The molecule has 0 aliphatic carbocycles. The lowest BCUT2D eigenvalue weighted by Gasteiger charge is -2.13. The highest BCUT2D eigenvalue weighted by atomic mass is 32.2. The van der Waals surface area contributed by atoms with Crippen LogP contribution in [-0.4, -0.2) is 47.5 Å². The van der Waals surface area contributed by atoms with Crippen LogP contribution in [0.1, 0.15) is 21.5 Å². The molecule has 0 radical (unpaired) electrons. The van der Waals surface area contributed by atoms with E-state index in [1.807, 2.05) is 6.92 Å². The predicted octanol–water partition coefficient (Wildman–Crippen LogP) is 2.72. The largest absolute Gasteiger partial charge is 0.353 e. The lowest BCUT2D eigenvalue weighted by atomic mass is 10.1. The molecule has 0 spiro atoms. The molecule has 31 heavy (non-hydrogen) atoms. The van der Waals surface area contributed by atoms with Crippen LogP contribution in [-0.2, 0) is 9.59 Å². The maximum atomic E-state index is 13.0. The number of hydrogen-bond acceptors (Lipinski definition) is 5.